The van der Waals surface area contributed by atoms with E-state index in [9.17, 15) is 9.50 Å². The summed E-state index contributed by atoms with van der Waals surface area (Å²) < 4.78 is 14.1. The molecule has 1 saturated heterocycles. The van der Waals surface area contributed by atoms with Crippen LogP contribution in [0.3, 0.4) is 0 Å². The van der Waals surface area contributed by atoms with Crippen LogP contribution in [0.15, 0.2) is 6.20 Å². The molecule has 1 unspecified atom stereocenters. The molecule has 8 heteroatoms. The fourth-order valence-electron chi connectivity index (χ4n) is 2.64. The van der Waals surface area contributed by atoms with Gasteiger partial charge in [0, 0.05) is 25.9 Å². The third-order valence-electron chi connectivity index (χ3n) is 3.67. The van der Waals surface area contributed by atoms with Crippen molar-refractivity contribution in [3.63, 3.8) is 0 Å². The van der Waals surface area contributed by atoms with Crippen molar-refractivity contribution in [1.82, 2.24) is 15.0 Å². The topological polar surface area (TPSA) is 62.1 Å². The van der Waals surface area contributed by atoms with Crippen molar-refractivity contribution in [2.75, 3.05) is 24.6 Å². The maximum absolute atomic E-state index is 14.1. The van der Waals surface area contributed by atoms with Gasteiger partial charge in [-0.15, -0.1) is 0 Å². The Kier molecular flexibility index (Phi) is 4.10. The third kappa shape index (κ3) is 2.75. The molecule has 1 aliphatic rings. The number of halogens is 3. The van der Waals surface area contributed by atoms with E-state index in [4.69, 9.17) is 23.2 Å². The van der Waals surface area contributed by atoms with Gasteiger partial charge in [-0.1, -0.05) is 11.6 Å². The zero-order chi connectivity index (χ0) is 15.0. The first-order chi connectivity index (χ1) is 10.1. The molecule has 5 nitrogen and oxygen atoms in total. The van der Waals surface area contributed by atoms with Crippen LogP contribution in [0.2, 0.25) is 10.4 Å². The molecule has 1 atom stereocenters. The second kappa shape index (κ2) is 5.87. The number of aromatic nitrogens is 3. The lowest BCUT2D eigenvalue weighted by atomic mass is 9.99. The molecular formula is C13H13Cl2FN4O. The summed E-state index contributed by atoms with van der Waals surface area (Å²) >= 11 is 11.6. The highest BCUT2D eigenvalue weighted by Gasteiger charge is 2.24. The van der Waals surface area contributed by atoms with Crippen LogP contribution in [-0.2, 0) is 0 Å². The minimum Gasteiger partial charge on any atom is -0.396 e. The number of nitrogens with zero attached hydrogens (tertiary/aromatic N) is 4. The smallest absolute Gasteiger partial charge is 0.225 e. The van der Waals surface area contributed by atoms with Crippen molar-refractivity contribution in [2.45, 2.75) is 12.8 Å². The molecule has 3 rings (SSSR count). The molecule has 1 aliphatic heterocycles. The first-order valence-electron chi connectivity index (χ1n) is 6.63. The van der Waals surface area contributed by atoms with Crippen LogP contribution in [0.4, 0.5) is 10.2 Å². The second-order valence-electron chi connectivity index (χ2n) is 5.08. The number of rotatable bonds is 2. The zero-order valence-corrected chi connectivity index (χ0v) is 12.6. The van der Waals surface area contributed by atoms with Crippen molar-refractivity contribution in [3.8, 4) is 0 Å². The summed E-state index contributed by atoms with van der Waals surface area (Å²) in [4.78, 5) is 13.9. The Balaban J connectivity index is 2.11. The van der Waals surface area contributed by atoms with Gasteiger partial charge in [0.15, 0.2) is 11.0 Å². The minimum absolute atomic E-state index is 0.0372. The number of pyridine rings is 1. The fraction of sp³-hybridized carbons (Fsp3) is 0.462. The van der Waals surface area contributed by atoms with E-state index in [0.29, 0.717) is 17.7 Å². The molecular weight excluding hydrogens is 318 g/mol. The summed E-state index contributed by atoms with van der Waals surface area (Å²) in [5.41, 5.74) is 0.0659. The van der Waals surface area contributed by atoms with Crippen LogP contribution in [0.1, 0.15) is 12.8 Å². The monoisotopic (exact) mass is 330 g/mol. The first-order valence-corrected chi connectivity index (χ1v) is 7.38. The van der Waals surface area contributed by atoms with Crippen molar-refractivity contribution in [2.24, 2.45) is 5.92 Å². The lowest BCUT2D eigenvalue weighted by Gasteiger charge is -2.33. The van der Waals surface area contributed by atoms with Gasteiger partial charge >= 0.3 is 0 Å². The molecule has 112 valence electrons. The molecule has 1 fully saturated rings. The Morgan fingerprint density at radius 2 is 2.19 bits per heavy atom. The maximum atomic E-state index is 14.1. The summed E-state index contributed by atoms with van der Waals surface area (Å²) in [6.45, 7) is 1.53. The molecule has 2 aromatic rings. The Labute approximate surface area is 130 Å². The van der Waals surface area contributed by atoms with Gasteiger partial charge in [-0.3, -0.25) is 0 Å². The highest BCUT2D eigenvalue weighted by Crippen LogP contribution is 2.31. The lowest BCUT2D eigenvalue weighted by molar-refractivity contribution is 0.208. The van der Waals surface area contributed by atoms with Crippen molar-refractivity contribution >= 4 is 39.9 Å². The lowest BCUT2D eigenvalue weighted by Crippen LogP contribution is -2.37. The predicted molar refractivity (Wildman–Crippen MR) is 79.3 cm³/mol. The summed E-state index contributed by atoms with van der Waals surface area (Å²) in [5.74, 6) is 0.00861. The van der Waals surface area contributed by atoms with Gasteiger partial charge in [0.05, 0.1) is 5.39 Å². The van der Waals surface area contributed by atoms with Crippen molar-refractivity contribution in [3.05, 3.63) is 22.5 Å². The van der Waals surface area contributed by atoms with Gasteiger partial charge < -0.3 is 10.0 Å². The van der Waals surface area contributed by atoms with E-state index in [0.717, 1.165) is 19.4 Å². The molecule has 21 heavy (non-hydrogen) atoms. The third-order valence-corrected chi connectivity index (χ3v) is 4.10. The van der Waals surface area contributed by atoms with Crippen LogP contribution in [0.25, 0.3) is 10.9 Å². The Bertz CT molecular complexity index is 685. The Morgan fingerprint density at radius 1 is 1.38 bits per heavy atom. The number of piperidine rings is 1. The number of hydrogen-bond donors (Lipinski definition) is 1. The SMILES string of the molecule is OCC1CCCN(c2nc(Cl)nc3c(F)c(Cl)ncc23)C1. The summed E-state index contributed by atoms with van der Waals surface area (Å²) in [7, 11) is 0. The quantitative estimate of drug-likeness (QED) is 0.677. The van der Waals surface area contributed by atoms with Crippen molar-refractivity contribution in [1.29, 1.82) is 0 Å². The predicted octanol–water partition coefficient (Wildman–Crippen LogP) is 2.68. The Morgan fingerprint density at radius 3 is 2.95 bits per heavy atom. The largest absolute Gasteiger partial charge is 0.396 e. The average molecular weight is 331 g/mol. The van der Waals surface area contributed by atoms with Crippen LogP contribution < -0.4 is 4.90 Å². The van der Waals surface area contributed by atoms with Crippen LogP contribution in [0, 0.1) is 11.7 Å². The summed E-state index contributed by atoms with van der Waals surface area (Å²) in [5, 5.41) is 9.52. The average Bonchev–Trinajstić information content (AvgIpc) is 2.51. The highest BCUT2D eigenvalue weighted by molar-refractivity contribution is 6.30. The molecule has 0 spiro atoms. The maximum Gasteiger partial charge on any atom is 0.225 e. The van der Waals surface area contributed by atoms with Gasteiger partial charge in [-0.2, -0.15) is 4.98 Å². The van der Waals surface area contributed by atoms with E-state index < -0.39 is 5.82 Å². The van der Waals surface area contributed by atoms with E-state index in [-0.39, 0.29) is 28.5 Å². The fourth-order valence-corrected chi connectivity index (χ4v) is 2.94. The van der Waals surface area contributed by atoms with Crippen molar-refractivity contribution < 1.29 is 9.50 Å². The van der Waals surface area contributed by atoms with Crippen LogP contribution in [0.5, 0.6) is 0 Å². The van der Waals surface area contributed by atoms with Gasteiger partial charge in [0.2, 0.25) is 5.28 Å². The number of hydrogen-bond acceptors (Lipinski definition) is 5. The van der Waals surface area contributed by atoms with E-state index in [1.807, 2.05) is 4.90 Å². The molecule has 0 aliphatic carbocycles. The van der Waals surface area contributed by atoms with E-state index in [1.165, 1.54) is 6.20 Å². The van der Waals surface area contributed by atoms with E-state index in [1.54, 1.807) is 0 Å². The highest BCUT2D eigenvalue weighted by atomic mass is 35.5. The minimum atomic E-state index is -0.699. The van der Waals surface area contributed by atoms with Crippen LogP contribution >= 0.6 is 23.2 Å². The molecule has 0 aromatic carbocycles. The molecule has 0 radical (unpaired) electrons. The van der Waals surface area contributed by atoms with E-state index in [2.05, 4.69) is 15.0 Å². The van der Waals surface area contributed by atoms with E-state index >= 15 is 0 Å². The summed E-state index contributed by atoms with van der Waals surface area (Å²) in [6.07, 6.45) is 3.34. The summed E-state index contributed by atoms with van der Waals surface area (Å²) in [6, 6.07) is 0. The van der Waals surface area contributed by atoms with Gasteiger partial charge in [-0.25, -0.2) is 14.4 Å². The number of aliphatic hydroxyl groups is 1. The molecule has 1 N–H and O–H groups in total. The molecule has 0 saturated carbocycles. The normalized spacial score (nSPS) is 19.2. The standard InChI is InChI=1S/C13H13Cl2FN4O/c14-11-9(16)10-8(4-17-11)12(19-13(15)18-10)20-3-1-2-7(5-20)6-21/h4,7,21H,1-3,5-6H2. The molecule has 3 heterocycles. The van der Waals surface area contributed by atoms with Gasteiger partial charge in [0.1, 0.15) is 11.3 Å². The number of anilines is 1. The zero-order valence-electron chi connectivity index (χ0n) is 11.1. The second-order valence-corrected chi connectivity index (χ2v) is 5.77. The molecule has 2 aromatic heterocycles. The Hall–Kier alpha value is -1.24. The molecule has 0 amide bonds. The number of aliphatic hydroxyl groups excluding tert-OH is 1. The van der Waals surface area contributed by atoms with Gasteiger partial charge in [-0.05, 0) is 30.4 Å². The number of fused-ring (bicyclic) bond motifs is 1. The van der Waals surface area contributed by atoms with Gasteiger partial charge in [0.25, 0.3) is 0 Å². The van der Waals surface area contributed by atoms with Crippen LogP contribution in [-0.4, -0.2) is 39.8 Å². The first kappa shape index (κ1) is 14.7. The molecule has 0 bridgehead atoms.